The lowest BCUT2D eigenvalue weighted by Crippen LogP contribution is -2.63. The van der Waals surface area contributed by atoms with Crippen LogP contribution in [0.15, 0.2) is 0 Å². The van der Waals surface area contributed by atoms with E-state index in [1.807, 2.05) is 18.7 Å². The molecule has 2 aliphatic heterocycles. The average molecular weight is 977 g/mol. The fourth-order valence-corrected chi connectivity index (χ4v) is 15.0. The van der Waals surface area contributed by atoms with Crippen molar-refractivity contribution in [2.24, 2.45) is 57.8 Å². The maximum absolute atomic E-state index is 13.4. The van der Waals surface area contributed by atoms with Crippen molar-refractivity contribution in [3.8, 4) is 0 Å². The van der Waals surface area contributed by atoms with Gasteiger partial charge in [0.2, 0.25) is 11.8 Å². The molecular formula is C50H84N6O11S. The predicted octanol–water partition coefficient (Wildman–Crippen LogP) is 4.51. The molecule has 6 rings (SSSR count). The van der Waals surface area contributed by atoms with E-state index in [0.29, 0.717) is 83.3 Å². The van der Waals surface area contributed by atoms with Crippen LogP contribution in [0.3, 0.4) is 0 Å². The number of rotatable bonds is 27. The minimum absolute atomic E-state index is 0.0107. The predicted molar refractivity (Wildman–Crippen MR) is 258 cm³/mol. The van der Waals surface area contributed by atoms with E-state index in [2.05, 4.69) is 42.0 Å². The van der Waals surface area contributed by atoms with Crippen LogP contribution in [0.4, 0.5) is 4.79 Å². The van der Waals surface area contributed by atoms with Gasteiger partial charge in [-0.05, 0) is 106 Å². The number of hydrogen-bond donors (Lipinski definition) is 6. The molecule has 386 valence electrons. The molecule has 2 saturated heterocycles. The summed E-state index contributed by atoms with van der Waals surface area (Å²) in [5, 5.41) is 12.3. The second-order valence-electron chi connectivity index (χ2n) is 21.0. The molecule has 4 aliphatic carbocycles. The molecule has 0 spiro atoms. The van der Waals surface area contributed by atoms with Crippen LogP contribution in [-0.2, 0) is 47.7 Å². The van der Waals surface area contributed by atoms with Crippen molar-refractivity contribution in [2.75, 3.05) is 58.4 Å². The first kappa shape index (κ1) is 54.1. The Balaban J connectivity index is 0.930. The number of amides is 4. The molecular weight excluding hydrogens is 893 g/mol. The van der Waals surface area contributed by atoms with Gasteiger partial charge in [-0.25, -0.2) is 4.79 Å². The van der Waals surface area contributed by atoms with Crippen molar-refractivity contribution < 1.29 is 52.5 Å². The number of ether oxygens (including phenoxy) is 5. The standard InChI is InChI=1S/C50H84N6O11S/c1-5-8-43(59)65-33-15-18-49(3)32(27-33)28-38(66-44(60)16-19-51)46-35-13-12-34(50(35,4)40(29-36(46)49)67-45(61)17-20-52)31(2)11-14-42(58)54-22-24-64-26-25-63-23-21-53-41(57)10-7-6-9-39-47-37(30-68-39)55-48(62)56-47/h31-40,46-47H,5-30,51-52H2,1-4H3,(H,53,57)(H,54,58)(H2,55,56,62)/t31-,32+,33-,34?,35+,36+,37?,38-,39+,40+,46+,47?,49+,50-/m1/s1. The Morgan fingerprint density at radius 1 is 0.779 bits per heavy atom. The van der Waals surface area contributed by atoms with Gasteiger partial charge in [0.15, 0.2) is 0 Å². The molecule has 3 unspecified atom stereocenters. The van der Waals surface area contributed by atoms with Crippen molar-refractivity contribution in [3.05, 3.63) is 0 Å². The number of carbonyl (C=O) groups is 6. The average Bonchev–Trinajstić information content (AvgIpc) is 3.98. The first-order chi connectivity index (χ1) is 32.7. The van der Waals surface area contributed by atoms with Gasteiger partial charge < -0.3 is 56.4 Å². The number of thioether (sulfide) groups is 1. The van der Waals surface area contributed by atoms with E-state index in [1.165, 1.54) is 0 Å². The number of esters is 3. The summed E-state index contributed by atoms with van der Waals surface area (Å²) in [6.45, 7) is 11.6. The maximum Gasteiger partial charge on any atom is 0.315 e. The van der Waals surface area contributed by atoms with E-state index in [9.17, 15) is 28.8 Å². The molecule has 8 N–H and O–H groups in total. The lowest BCUT2D eigenvalue weighted by molar-refractivity contribution is -0.225. The summed E-state index contributed by atoms with van der Waals surface area (Å²) >= 11 is 1.89. The van der Waals surface area contributed by atoms with Crippen molar-refractivity contribution >= 4 is 47.5 Å². The Kier molecular flexibility index (Phi) is 20.5. The number of carbonyl (C=O) groups excluding carboxylic acids is 6. The highest BCUT2D eigenvalue weighted by Gasteiger charge is 2.68. The quantitative estimate of drug-likeness (QED) is 0.0287. The molecule has 0 aromatic rings. The Labute approximate surface area is 408 Å². The normalized spacial score (nSPS) is 34.0. The van der Waals surface area contributed by atoms with Crippen LogP contribution in [-0.4, -0.2) is 130 Å². The minimum atomic E-state index is -0.411. The van der Waals surface area contributed by atoms with Gasteiger partial charge >= 0.3 is 23.9 Å². The van der Waals surface area contributed by atoms with Gasteiger partial charge in [0, 0.05) is 67.8 Å². The van der Waals surface area contributed by atoms with Gasteiger partial charge in [-0.1, -0.05) is 34.1 Å². The zero-order valence-corrected chi connectivity index (χ0v) is 42.2. The summed E-state index contributed by atoms with van der Waals surface area (Å²) in [4.78, 5) is 76.1. The molecule has 6 fully saturated rings. The number of nitrogens with two attached hydrogens (primary N) is 2. The van der Waals surface area contributed by atoms with E-state index in [1.54, 1.807) is 0 Å². The second-order valence-corrected chi connectivity index (χ2v) is 22.3. The molecule has 4 amide bonds. The zero-order chi connectivity index (χ0) is 48.8. The summed E-state index contributed by atoms with van der Waals surface area (Å²) in [5.41, 5.74) is 11.1. The van der Waals surface area contributed by atoms with Gasteiger partial charge in [-0.15, -0.1) is 0 Å². The topological polar surface area (TPSA) is 249 Å². The molecule has 0 aromatic heterocycles. The largest absolute Gasteiger partial charge is 0.462 e. The third-order valence-electron chi connectivity index (χ3n) is 16.9. The molecule has 17 nitrogen and oxygen atoms in total. The summed E-state index contributed by atoms with van der Waals surface area (Å²) in [6.07, 6.45) is 10.3. The second kappa shape index (κ2) is 25.8. The van der Waals surface area contributed by atoms with Crippen LogP contribution in [0, 0.1) is 46.3 Å². The number of nitrogens with one attached hydrogen (secondary N) is 4. The van der Waals surface area contributed by atoms with Crippen molar-refractivity contribution in [1.29, 1.82) is 0 Å². The Morgan fingerprint density at radius 2 is 1.46 bits per heavy atom. The first-order valence-corrected chi connectivity index (χ1v) is 27.1. The molecule has 14 atom stereocenters. The number of unbranched alkanes of at least 4 members (excludes halogenated alkanes) is 1. The van der Waals surface area contributed by atoms with Crippen LogP contribution in [0.5, 0.6) is 0 Å². The van der Waals surface area contributed by atoms with E-state index >= 15 is 0 Å². The van der Waals surface area contributed by atoms with E-state index in [-0.39, 0.29) is 133 Å². The highest BCUT2D eigenvalue weighted by atomic mass is 32.2. The van der Waals surface area contributed by atoms with Crippen LogP contribution in [0.1, 0.15) is 137 Å². The monoisotopic (exact) mass is 977 g/mol. The Morgan fingerprint density at radius 3 is 2.15 bits per heavy atom. The number of hydrogen-bond acceptors (Lipinski definition) is 14. The SMILES string of the molecule is CCCC(=O)O[C@@H]1CC[C@@]2(C)[C@@H](C1)C[C@@H](OC(=O)CCN)[C@@H]1[C@@H]2C[C@H](OC(=O)CCN)[C@]2(C)C([C@H](C)CCC(=O)NCCOCCOCCNC(=O)CCCC[C@@H]3SCC4NC(=O)NC43)CC[C@@H]12. The lowest BCUT2D eigenvalue weighted by atomic mass is 9.43. The van der Waals surface area contributed by atoms with Gasteiger partial charge in [0.25, 0.3) is 0 Å². The fourth-order valence-electron chi connectivity index (χ4n) is 13.5. The molecule has 68 heavy (non-hydrogen) atoms. The number of urea groups is 1. The third-order valence-corrected chi connectivity index (χ3v) is 18.4. The minimum Gasteiger partial charge on any atom is -0.462 e. The molecule has 18 heteroatoms. The van der Waals surface area contributed by atoms with Crippen LogP contribution in [0.25, 0.3) is 0 Å². The van der Waals surface area contributed by atoms with Crippen molar-refractivity contribution in [2.45, 2.75) is 172 Å². The number of fused-ring (bicyclic) bond motifs is 6. The van der Waals surface area contributed by atoms with Crippen LogP contribution in [0.2, 0.25) is 0 Å². The first-order valence-electron chi connectivity index (χ1n) is 26.1. The summed E-state index contributed by atoms with van der Waals surface area (Å²) in [7, 11) is 0. The highest BCUT2D eigenvalue weighted by Crippen LogP contribution is 2.69. The van der Waals surface area contributed by atoms with Crippen LogP contribution < -0.4 is 32.7 Å². The zero-order valence-electron chi connectivity index (χ0n) is 41.4. The molecule has 6 aliphatic rings. The molecule has 2 heterocycles. The molecule has 0 aromatic carbocycles. The van der Waals surface area contributed by atoms with E-state index < -0.39 is 5.41 Å². The lowest BCUT2D eigenvalue weighted by Gasteiger charge is -2.64. The maximum atomic E-state index is 13.4. The highest BCUT2D eigenvalue weighted by molar-refractivity contribution is 8.00. The van der Waals surface area contributed by atoms with E-state index in [4.69, 9.17) is 35.2 Å². The summed E-state index contributed by atoms with van der Waals surface area (Å²) < 4.78 is 30.2. The van der Waals surface area contributed by atoms with Gasteiger partial charge in [0.05, 0.1) is 51.4 Å². The summed E-state index contributed by atoms with van der Waals surface area (Å²) in [6, 6.07) is 0.336. The van der Waals surface area contributed by atoms with Gasteiger partial charge in [-0.2, -0.15) is 11.8 Å². The van der Waals surface area contributed by atoms with Crippen molar-refractivity contribution in [3.63, 3.8) is 0 Å². The fraction of sp³-hybridized carbons (Fsp3) is 0.880. The Bertz CT molecular complexity index is 1710. The summed E-state index contributed by atoms with van der Waals surface area (Å²) in [5.74, 6) is 0.967. The van der Waals surface area contributed by atoms with Crippen LogP contribution >= 0.6 is 11.8 Å². The third kappa shape index (κ3) is 13.6. The van der Waals surface area contributed by atoms with Crippen molar-refractivity contribution in [1.82, 2.24) is 21.3 Å². The van der Waals surface area contributed by atoms with Gasteiger partial charge in [-0.3, -0.25) is 24.0 Å². The molecule has 0 radical (unpaired) electrons. The van der Waals surface area contributed by atoms with Gasteiger partial charge in [0.1, 0.15) is 18.3 Å². The van der Waals surface area contributed by atoms with E-state index in [0.717, 1.165) is 63.5 Å². The Hall–Kier alpha value is -3.19. The molecule has 4 saturated carbocycles. The molecule has 0 bridgehead atoms. The smallest absolute Gasteiger partial charge is 0.315 e.